The molecule has 7 nitrogen and oxygen atoms in total. The van der Waals surface area contributed by atoms with Gasteiger partial charge in [-0.3, -0.25) is 14.5 Å². The van der Waals surface area contributed by atoms with E-state index in [4.69, 9.17) is 0 Å². The molecule has 2 N–H and O–H groups in total. The van der Waals surface area contributed by atoms with Crippen molar-refractivity contribution < 1.29 is 9.59 Å². The first-order valence-electron chi connectivity index (χ1n) is 8.49. The summed E-state index contributed by atoms with van der Waals surface area (Å²) in [5.41, 5.74) is 1.47. The van der Waals surface area contributed by atoms with Gasteiger partial charge in [-0.15, -0.1) is 0 Å². The van der Waals surface area contributed by atoms with Crippen molar-refractivity contribution in [2.45, 2.75) is 18.9 Å². The molecular formula is C18H23N5O2. The Hall–Kier alpha value is -2.67. The van der Waals surface area contributed by atoms with Crippen molar-refractivity contribution in [3.8, 4) is 5.69 Å². The number of para-hydroxylation sites is 1. The molecule has 0 unspecified atom stereocenters. The molecule has 2 aromatic rings. The fourth-order valence-corrected chi connectivity index (χ4v) is 2.95. The monoisotopic (exact) mass is 341 g/mol. The van der Waals surface area contributed by atoms with Crippen LogP contribution in [0.15, 0.2) is 42.7 Å². The van der Waals surface area contributed by atoms with E-state index >= 15 is 0 Å². The summed E-state index contributed by atoms with van der Waals surface area (Å²) in [4.78, 5) is 25.9. The number of carbonyl (C=O) groups excluding carboxylic acids is 2. The molecule has 7 heteroatoms. The highest BCUT2D eigenvalue weighted by molar-refractivity contribution is 5.94. The summed E-state index contributed by atoms with van der Waals surface area (Å²) < 4.78 is 1.70. The first-order chi connectivity index (χ1) is 12.2. The second kappa shape index (κ2) is 7.94. The molecule has 1 fully saturated rings. The van der Waals surface area contributed by atoms with Gasteiger partial charge < -0.3 is 10.6 Å². The molecule has 0 bridgehead atoms. The van der Waals surface area contributed by atoms with Gasteiger partial charge in [0.1, 0.15) is 0 Å². The van der Waals surface area contributed by atoms with Crippen LogP contribution in [0.3, 0.4) is 0 Å². The first kappa shape index (κ1) is 17.2. The number of hydrogen-bond donors (Lipinski definition) is 2. The molecule has 132 valence electrons. The molecule has 0 aliphatic carbocycles. The number of piperidine rings is 1. The Labute approximate surface area is 147 Å². The zero-order valence-corrected chi connectivity index (χ0v) is 14.3. The highest BCUT2D eigenvalue weighted by Gasteiger charge is 2.22. The average Bonchev–Trinajstić information content (AvgIpc) is 3.14. The molecule has 0 atom stereocenters. The van der Waals surface area contributed by atoms with Gasteiger partial charge in [0.15, 0.2) is 0 Å². The van der Waals surface area contributed by atoms with Crippen LogP contribution in [-0.2, 0) is 4.79 Å². The van der Waals surface area contributed by atoms with Crippen molar-refractivity contribution in [3.63, 3.8) is 0 Å². The van der Waals surface area contributed by atoms with Crippen LogP contribution in [0.1, 0.15) is 23.2 Å². The molecular weight excluding hydrogens is 318 g/mol. The Morgan fingerprint density at radius 2 is 1.92 bits per heavy atom. The topological polar surface area (TPSA) is 79.3 Å². The number of likely N-dealkylation sites (tertiary alicyclic amines) is 1. The van der Waals surface area contributed by atoms with Crippen LogP contribution in [0, 0.1) is 0 Å². The maximum absolute atomic E-state index is 12.4. The smallest absolute Gasteiger partial charge is 0.254 e. The molecule has 1 aliphatic heterocycles. The van der Waals surface area contributed by atoms with Crippen LogP contribution in [0.25, 0.3) is 5.69 Å². The summed E-state index contributed by atoms with van der Waals surface area (Å²) in [6, 6.07) is 9.82. The number of hydrogen-bond acceptors (Lipinski definition) is 4. The van der Waals surface area contributed by atoms with Crippen LogP contribution in [-0.4, -0.2) is 59.2 Å². The lowest BCUT2D eigenvalue weighted by atomic mass is 10.0. The van der Waals surface area contributed by atoms with Crippen LogP contribution < -0.4 is 10.6 Å². The number of carbonyl (C=O) groups is 2. The quantitative estimate of drug-likeness (QED) is 0.844. The fraction of sp³-hybridized carbons (Fsp3) is 0.389. The average molecular weight is 341 g/mol. The third kappa shape index (κ3) is 4.45. The molecule has 0 saturated carbocycles. The number of aromatic nitrogens is 2. The third-order valence-electron chi connectivity index (χ3n) is 4.43. The van der Waals surface area contributed by atoms with E-state index in [1.807, 2.05) is 30.3 Å². The minimum absolute atomic E-state index is 0.0239. The van der Waals surface area contributed by atoms with Gasteiger partial charge in [0.05, 0.1) is 24.0 Å². The lowest BCUT2D eigenvalue weighted by Crippen LogP contribution is -2.47. The number of nitrogens with one attached hydrogen (secondary N) is 2. The molecule has 1 aliphatic rings. The van der Waals surface area contributed by atoms with Gasteiger partial charge >= 0.3 is 0 Å². The molecule has 25 heavy (non-hydrogen) atoms. The Bertz CT molecular complexity index is 720. The number of likely N-dealkylation sites (N-methyl/N-ethyl adjacent to an activating group) is 1. The van der Waals surface area contributed by atoms with Gasteiger partial charge in [-0.25, -0.2) is 4.68 Å². The zero-order valence-electron chi connectivity index (χ0n) is 14.3. The predicted octanol–water partition coefficient (Wildman–Crippen LogP) is 0.813. The van der Waals surface area contributed by atoms with Crippen molar-refractivity contribution in [1.29, 1.82) is 0 Å². The van der Waals surface area contributed by atoms with E-state index in [1.54, 1.807) is 24.1 Å². The van der Waals surface area contributed by atoms with Crippen molar-refractivity contribution in [1.82, 2.24) is 25.3 Å². The van der Waals surface area contributed by atoms with Gasteiger partial charge in [-0.2, -0.15) is 5.10 Å². The Morgan fingerprint density at radius 1 is 1.20 bits per heavy atom. The Balaban J connectivity index is 1.52. The zero-order chi connectivity index (χ0) is 17.6. The largest absolute Gasteiger partial charge is 0.358 e. The Kier molecular flexibility index (Phi) is 5.45. The summed E-state index contributed by atoms with van der Waals surface area (Å²) in [7, 11) is 1.64. The summed E-state index contributed by atoms with van der Waals surface area (Å²) in [5.74, 6) is -0.0808. The summed E-state index contributed by atoms with van der Waals surface area (Å²) in [6.07, 6.45) is 5.01. The second-order valence-electron chi connectivity index (χ2n) is 6.21. The van der Waals surface area contributed by atoms with Crippen molar-refractivity contribution in [3.05, 3.63) is 48.3 Å². The molecule has 0 spiro atoms. The SMILES string of the molecule is CNC(=O)CN1CCC(NC(=O)c2cnn(-c3ccccc3)c2)CC1. The first-order valence-corrected chi connectivity index (χ1v) is 8.49. The van der Waals surface area contributed by atoms with Crippen LogP contribution in [0.5, 0.6) is 0 Å². The molecule has 2 heterocycles. The molecule has 0 radical (unpaired) electrons. The van der Waals surface area contributed by atoms with Gasteiger partial charge in [0.25, 0.3) is 5.91 Å². The van der Waals surface area contributed by atoms with E-state index in [1.165, 1.54) is 0 Å². The minimum atomic E-state index is -0.105. The van der Waals surface area contributed by atoms with E-state index in [9.17, 15) is 9.59 Å². The number of amides is 2. The van der Waals surface area contributed by atoms with Gasteiger partial charge in [0, 0.05) is 32.4 Å². The maximum Gasteiger partial charge on any atom is 0.254 e. The maximum atomic E-state index is 12.4. The fourth-order valence-electron chi connectivity index (χ4n) is 2.95. The molecule has 3 rings (SSSR count). The predicted molar refractivity (Wildman–Crippen MR) is 94.6 cm³/mol. The summed E-state index contributed by atoms with van der Waals surface area (Å²) in [6.45, 7) is 2.03. The molecule has 1 aromatic carbocycles. The highest BCUT2D eigenvalue weighted by atomic mass is 16.2. The van der Waals surface area contributed by atoms with E-state index in [-0.39, 0.29) is 17.9 Å². The Morgan fingerprint density at radius 3 is 2.60 bits per heavy atom. The molecule has 1 saturated heterocycles. The minimum Gasteiger partial charge on any atom is -0.358 e. The van der Waals surface area contributed by atoms with E-state index in [2.05, 4.69) is 20.6 Å². The second-order valence-corrected chi connectivity index (χ2v) is 6.21. The van der Waals surface area contributed by atoms with Crippen molar-refractivity contribution in [2.75, 3.05) is 26.7 Å². The third-order valence-corrected chi connectivity index (χ3v) is 4.43. The van der Waals surface area contributed by atoms with Crippen LogP contribution >= 0.6 is 0 Å². The summed E-state index contributed by atoms with van der Waals surface area (Å²) >= 11 is 0. The number of nitrogens with zero attached hydrogens (tertiary/aromatic N) is 3. The van der Waals surface area contributed by atoms with E-state index < -0.39 is 0 Å². The van der Waals surface area contributed by atoms with Crippen molar-refractivity contribution in [2.24, 2.45) is 0 Å². The normalized spacial score (nSPS) is 15.7. The van der Waals surface area contributed by atoms with E-state index in [0.717, 1.165) is 31.6 Å². The highest BCUT2D eigenvalue weighted by Crippen LogP contribution is 2.12. The van der Waals surface area contributed by atoms with Crippen LogP contribution in [0.2, 0.25) is 0 Å². The lowest BCUT2D eigenvalue weighted by Gasteiger charge is -2.31. The van der Waals surface area contributed by atoms with E-state index in [0.29, 0.717) is 12.1 Å². The summed E-state index contributed by atoms with van der Waals surface area (Å²) in [5, 5.41) is 9.96. The van der Waals surface area contributed by atoms with Gasteiger partial charge in [-0.1, -0.05) is 18.2 Å². The van der Waals surface area contributed by atoms with Crippen molar-refractivity contribution >= 4 is 11.8 Å². The molecule has 1 aromatic heterocycles. The molecule has 2 amide bonds. The lowest BCUT2D eigenvalue weighted by molar-refractivity contribution is -0.122. The number of rotatable bonds is 5. The van der Waals surface area contributed by atoms with Gasteiger partial charge in [-0.05, 0) is 25.0 Å². The van der Waals surface area contributed by atoms with Crippen LogP contribution in [0.4, 0.5) is 0 Å². The van der Waals surface area contributed by atoms with Gasteiger partial charge in [0.2, 0.25) is 5.91 Å². The number of benzene rings is 1. The standard InChI is InChI=1S/C18H23N5O2/c1-19-17(24)13-22-9-7-15(8-10-22)21-18(25)14-11-20-23(12-14)16-5-3-2-4-6-16/h2-6,11-12,15H,7-10,13H2,1H3,(H,19,24)(H,21,25).